The van der Waals surface area contributed by atoms with Crippen LogP contribution in [-0.2, 0) is 6.18 Å². The molecular weight excluding hydrogens is 511 g/mol. The van der Waals surface area contributed by atoms with E-state index in [1.807, 2.05) is 0 Å². The lowest BCUT2D eigenvalue weighted by atomic mass is 9.86. The standard InChI is InChI=1S/C28H38F3N5O3/c1-19-20(2)25(39-15-4-3-10-32-11-14-37)9-8-23(19)24-7-5-6-22-18-35(12-13-36(22)24)26(38)21-16-33-27(34-17-21)28(29,30)31/h8-9,16-17,22,24,32,37H,3-7,10-15,18H2,1-2H3/t22-,24+/m0/s1. The summed E-state index contributed by atoms with van der Waals surface area (Å²) in [6.07, 6.45) is 2.28. The molecule has 2 saturated heterocycles. The van der Waals surface area contributed by atoms with Gasteiger partial charge in [0.2, 0.25) is 5.82 Å². The number of hydrogen-bond donors (Lipinski definition) is 2. The number of carbonyl (C=O) groups is 1. The van der Waals surface area contributed by atoms with Gasteiger partial charge in [0.1, 0.15) is 5.75 Å². The van der Waals surface area contributed by atoms with Gasteiger partial charge in [0.05, 0.1) is 18.8 Å². The molecule has 2 atom stereocenters. The van der Waals surface area contributed by atoms with Gasteiger partial charge >= 0.3 is 6.18 Å². The molecule has 3 heterocycles. The Morgan fingerprint density at radius 1 is 1.10 bits per heavy atom. The van der Waals surface area contributed by atoms with E-state index < -0.39 is 12.0 Å². The fraction of sp³-hybridized carbons (Fsp3) is 0.607. The Morgan fingerprint density at radius 2 is 1.87 bits per heavy atom. The SMILES string of the molecule is Cc1c(OCCCCNCCO)ccc([C@H]2CCC[C@H]3CN(C(=O)c4cnc(C(F)(F)F)nc4)CCN32)c1C. The van der Waals surface area contributed by atoms with E-state index in [2.05, 4.69) is 46.2 Å². The number of piperazine rings is 1. The van der Waals surface area contributed by atoms with Crippen LogP contribution >= 0.6 is 0 Å². The van der Waals surface area contributed by atoms with Crippen LogP contribution in [0.4, 0.5) is 13.2 Å². The summed E-state index contributed by atoms with van der Waals surface area (Å²) in [6.45, 7) is 8.24. The third-order valence-corrected chi connectivity index (χ3v) is 7.82. The number of amides is 1. The minimum absolute atomic E-state index is 0.0762. The van der Waals surface area contributed by atoms with Gasteiger partial charge in [-0.15, -0.1) is 0 Å². The number of halogens is 3. The first-order valence-corrected chi connectivity index (χ1v) is 13.7. The monoisotopic (exact) mass is 549 g/mol. The number of hydrogen-bond acceptors (Lipinski definition) is 7. The van der Waals surface area contributed by atoms with Crippen LogP contribution < -0.4 is 10.1 Å². The van der Waals surface area contributed by atoms with E-state index >= 15 is 0 Å². The van der Waals surface area contributed by atoms with Crippen molar-refractivity contribution >= 4 is 5.91 Å². The Bertz CT molecular complexity index is 1110. The fourth-order valence-corrected chi connectivity index (χ4v) is 5.61. The van der Waals surface area contributed by atoms with E-state index in [0.717, 1.165) is 62.4 Å². The van der Waals surface area contributed by atoms with Crippen molar-refractivity contribution in [3.63, 3.8) is 0 Å². The Hall–Kier alpha value is -2.76. The number of aliphatic hydroxyl groups is 1. The van der Waals surface area contributed by atoms with Crippen molar-refractivity contribution in [1.29, 1.82) is 0 Å². The van der Waals surface area contributed by atoms with Gasteiger partial charge in [-0.1, -0.05) is 6.07 Å². The second-order valence-corrected chi connectivity index (χ2v) is 10.3. The number of alkyl halides is 3. The third kappa shape index (κ3) is 7.06. The van der Waals surface area contributed by atoms with Crippen molar-refractivity contribution < 1.29 is 27.8 Å². The summed E-state index contributed by atoms with van der Waals surface area (Å²) in [6, 6.07) is 4.67. The van der Waals surface area contributed by atoms with Crippen LogP contribution in [0.25, 0.3) is 0 Å². The average Bonchev–Trinajstić information content (AvgIpc) is 2.93. The number of nitrogens with one attached hydrogen (secondary N) is 1. The molecule has 0 unspecified atom stereocenters. The number of aliphatic hydroxyl groups excluding tert-OH is 1. The van der Waals surface area contributed by atoms with Crippen molar-refractivity contribution in [2.45, 2.75) is 64.2 Å². The molecule has 11 heteroatoms. The molecule has 0 bridgehead atoms. The van der Waals surface area contributed by atoms with Gasteiger partial charge in [0.15, 0.2) is 0 Å². The lowest BCUT2D eigenvalue weighted by Gasteiger charge is -2.48. The molecule has 0 saturated carbocycles. The molecule has 8 nitrogen and oxygen atoms in total. The van der Waals surface area contributed by atoms with Crippen LogP contribution in [0.15, 0.2) is 24.5 Å². The first kappa shape index (κ1) is 29.2. The molecule has 2 N–H and O–H groups in total. The largest absolute Gasteiger partial charge is 0.493 e. The van der Waals surface area contributed by atoms with Crippen molar-refractivity contribution in [1.82, 2.24) is 25.1 Å². The van der Waals surface area contributed by atoms with E-state index in [9.17, 15) is 18.0 Å². The summed E-state index contributed by atoms with van der Waals surface area (Å²) >= 11 is 0. The smallest absolute Gasteiger partial charge is 0.451 e. The minimum Gasteiger partial charge on any atom is -0.493 e. The predicted molar refractivity (Wildman–Crippen MR) is 141 cm³/mol. The molecule has 39 heavy (non-hydrogen) atoms. The lowest BCUT2D eigenvalue weighted by molar-refractivity contribution is -0.145. The lowest BCUT2D eigenvalue weighted by Crippen LogP contribution is -2.57. The Balaban J connectivity index is 1.36. The van der Waals surface area contributed by atoms with E-state index in [0.29, 0.717) is 32.8 Å². The summed E-state index contributed by atoms with van der Waals surface area (Å²) < 4.78 is 44.4. The van der Waals surface area contributed by atoms with Crippen molar-refractivity contribution in [3.8, 4) is 5.75 Å². The van der Waals surface area contributed by atoms with Crippen LogP contribution in [0.3, 0.4) is 0 Å². The van der Waals surface area contributed by atoms with E-state index in [4.69, 9.17) is 9.84 Å². The van der Waals surface area contributed by atoms with E-state index in [-0.39, 0.29) is 30.2 Å². The van der Waals surface area contributed by atoms with Crippen molar-refractivity contribution in [2.75, 3.05) is 45.9 Å². The number of rotatable bonds is 10. The molecule has 1 aromatic heterocycles. The molecule has 1 amide bonds. The summed E-state index contributed by atoms with van der Waals surface area (Å²) in [5, 5.41) is 12.0. The summed E-state index contributed by atoms with van der Waals surface area (Å²) in [5.74, 6) is -0.670. The second-order valence-electron chi connectivity index (χ2n) is 10.3. The van der Waals surface area contributed by atoms with Crippen LogP contribution in [0.1, 0.15) is 71.0 Å². The molecule has 2 aromatic rings. The maximum atomic E-state index is 13.0. The number of carbonyl (C=O) groups excluding carboxylic acids is 1. The first-order chi connectivity index (χ1) is 18.7. The molecule has 0 spiro atoms. The zero-order valence-corrected chi connectivity index (χ0v) is 22.6. The molecule has 0 radical (unpaired) electrons. The van der Waals surface area contributed by atoms with E-state index in [1.165, 1.54) is 11.1 Å². The molecule has 214 valence electrons. The molecule has 1 aromatic carbocycles. The molecular formula is C28H38F3N5O3. The van der Waals surface area contributed by atoms with Crippen LogP contribution in [-0.4, -0.2) is 82.8 Å². The molecule has 4 rings (SSSR count). The Labute approximate surface area is 227 Å². The summed E-state index contributed by atoms with van der Waals surface area (Å²) in [7, 11) is 0. The van der Waals surface area contributed by atoms with Crippen LogP contribution in [0, 0.1) is 13.8 Å². The van der Waals surface area contributed by atoms with Crippen molar-refractivity contribution in [2.24, 2.45) is 0 Å². The normalized spacial score (nSPS) is 20.1. The maximum Gasteiger partial charge on any atom is 0.451 e. The molecule has 2 aliphatic heterocycles. The highest BCUT2D eigenvalue weighted by atomic mass is 19.4. The van der Waals surface area contributed by atoms with Gasteiger partial charge in [0, 0.05) is 50.7 Å². The van der Waals surface area contributed by atoms with Crippen molar-refractivity contribution in [3.05, 3.63) is 52.6 Å². The van der Waals surface area contributed by atoms with Crippen LogP contribution in [0.5, 0.6) is 5.75 Å². The zero-order valence-electron chi connectivity index (χ0n) is 22.6. The molecule has 2 aliphatic rings. The Morgan fingerprint density at radius 3 is 2.59 bits per heavy atom. The van der Waals surface area contributed by atoms with Gasteiger partial charge in [-0.2, -0.15) is 13.2 Å². The topological polar surface area (TPSA) is 90.8 Å². The number of fused-ring (bicyclic) bond motifs is 1. The van der Waals surface area contributed by atoms with Gasteiger partial charge < -0.3 is 20.1 Å². The number of nitrogens with zero attached hydrogens (tertiary/aromatic N) is 4. The number of aromatic nitrogens is 2. The van der Waals surface area contributed by atoms with Gasteiger partial charge in [-0.3, -0.25) is 9.69 Å². The number of piperidine rings is 1. The van der Waals surface area contributed by atoms with Crippen LogP contribution in [0.2, 0.25) is 0 Å². The number of unbranched alkanes of at least 4 members (excludes halogenated alkanes) is 1. The summed E-state index contributed by atoms with van der Waals surface area (Å²) in [4.78, 5) is 23.9. The van der Waals surface area contributed by atoms with Gasteiger partial charge in [0.25, 0.3) is 5.91 Å². The Kier molecular flexibility index (Phi) is 9.79. The third-order valence-electron chi connectivity index (χ3n) is 7.82. The fourth-order valence-electron chi connectivity index (χ4n) is 5.61. The second kappa shape index (κ2) is 13.1. The van der Waals surface area contributed by atoms with Gasteiger partial charge in [-0.25, -0.2) is 9.97 Å². The molecule has 2 fully saturated rings. The zero-order chi connectivity index (χ0) is 28.0. The highest BCUT2D eigenvalue weighted by Gasteiger charge is 2.38. The minimum atomic E-state index is -4.64. The number of ether oxygens (including phenoxy) is 1. The summed E-state index contributed by atoms with van der Waals surface area (Å²) in [5.41, 5.74) is 3.73. The molecule has 0 aliphatic carbocycles. The maximum absolute atomic E-state index is 13.0. The van der Waals surface area contributed by atoms with E-state index in [1.54, 1.807) is 4.90 Å². The quantitative estimate of drug-likeness (QED) is 0.435. The average molecular weight is 550 g/mol. The highest BCUT2D eigenvalue weighted by molar-refractivity contribution is 5.93. The number of benzene rings is 1. The first-order valence-electron chi connectivity index (χ1n) is 13.7. The highest BCUT2D eigenvalue weighted by Crippen LogP contribution is 2.39. The predicted octanol–water partition coefficient (Wildman–Crippen LogP) is 3.90. The van der Waals surface area contributed by atoms with Gasteiger partial charge in [-0.05, 0) is 75.3 Å².